The second-order valence-corrected chi connectivity index (χ2v) is 7.46. The minimum Gasteiger partial charge on any atom is -0.382 e. The lowest BCUT2D eigenvalue weighted by Crippen LogP contribution is -2.23. The van der Waals surface area contributed by atoms with Gasteiger partial charge in [-0.1, -0.05) is 23.4 Å². The molecule has 2 aromatic carbocycles. The molecule has 0 atom stereocenters. The van der Waals surface area contributed by atoms with Crippen molar-refractivity contribution in [3.05, 3.63) is 75.0 Å². The van der Waals surface area contributed by atoms with Crippen LogP contribution in [-0.2, 0) is 4.79 Å². The van der Waals surface area contributed by atoms with Crippen LogP contribution in [0.1, 0.15) is 10.4 Å². The molecule has 0 fully saturated rings. The summed E-state index contributed by atoms with van der Waals surface area (Å²) in [7, 11) is 0. The molecule has 0 saturated carbocycles. The van der Waals surface area contributed by atoms with Crippen molar-refractivity contribution in [2.75, 3.05) is 22.1 Å². The number of carbonyl (C=O) groups is 2. The largest absolute Gasteiger partial charge is 0.382 e. The van der Waals surface area contributed by atoms with Gasteiger partial charge in [0.2, 0.25) is 5.91 Å². The lowest BCUT2D eigenvalue weighted by Gasteiger charge is -2.09. The Morgan fingerprint density at radius 3 is 2.45 bits per heavy atom. The Kier molecular flexibility index (Phi) is 6.88. The van der Waals surface area contributed by atoms with Gasteiger partial charge in [-0.05, 0) is 42.5 Å². The van der Waals surface area contributed by atoms with E-state index in [0.29, 0.717) is 16.8 Å². The van der Waals surface area contributed by atoms with E-state index in [9.17, 15) is 23.2 Å². The third-order valence-corrected chi connectivity index (χ3v) is 4.94. The molecule has 1 aromatic heterocycles. The third kappa shape index (κ3) is 5.80. The molecular formula is C19H14ClF2N5O3S. The summed E-state index contributed by atoms with van der Waals surface area (Å²) in [5, 5.41) is 5.45. The maximum absolute atomic E-state index is 13.3. The van der Waals surface area contributed by atoms with E-state index < -0.39 is 23.1 Å². The first-order valence-electron chi connectivity index (χ1n) is 8.57. The van der Waals surface area contributed by atoms with Crippen molar-refractivity contribution >= 4 is 52.4 Å². The number of benzene rings is 2. The number of anilines is 3. The third-order valence-electron chi connectivity index (χ3n) is 3.81. The maximum Gasteiger partial charge on any atom is 0.277 e. The second kappa shape index (κ2) is 9.58. The lowest BCUT2D eigenvalue weighted by molar-refractivity contribution is -0.113. The second-order valence-electron chi connectivity index (χ2n) is 6.06. The maximum atomic E-state index is 13.3. The quantitative estimate of drug-likeness (QED) is 0.326. The number of amides is 2. The van der Waals surface area contributed by atoms with Gasteiger partial charge in [-0.15, -0.1) is 0 Å². The highest BCUT2D eigenvalue weighted by Crippen LogP contribution is 2.19. The van der Waals surface area contributed by atoms with E-state index in [4.69, 9.17) is 17.3 Å². The molecule has 160 valence electrons. The highest BCUT2D eigenvalue weighted by atomic mass is 35.5. The van der Waals surface area contributed by atoms with Gasteiger partial charge in [0, 0.05) is 16.3 Å². The molecule has 3 rings (SSSR count). The van der Waals surface area contributed by atoms with E-state index in [-0.39, 0.29) is 33.9 Å². The molecule has 31 heavy (non-hydrogen) atoms. The number of H-pyrrole nitrogens is 1. The SMILES string of the molecule is Nc1nc(SCC(=O)Nc2ccc(Cl)cc2)[nH]c(=O)c1NC(=O)c1ccc(F)c(F)c1. The molecule has 0 radical (unpaired) electrons. The smallest absolute Gasteiger partial charge is 0.277 e. The molecule has 8 nitrogen and oxygen atoms in total. The number of nitrogens with two attached hydrogens (primary N) is 1. The van der Waals surface area contributed by atoms with E-state index in [0.717, 1.165) is 23.9 Å². The minimum atomic E-state index is -1.21. The van der Waals surface area contributed by atoms with Crippen LogP contribution in [-0.4, -0.2) is 27.5 Å². The summed E-state index contributed by atoms with van der Waals surface area (Å²) >= 11 is 6.70. The van der Waals surface area contributed by atoms with Gasteiger partial charge in [0.05, 0.1) is 5.75 Å². The first-order chi connectivity index (χ1) is 14.7. The van der Waals surface area contributed by atoms with E-state index in [1.807, 2.05) is 0 Å². The van der Waals surface area contributed by atoms with E-state index in [2.05, 4.69) is 20.6 Å². The number of nitrogens with one attached hydrogen (secondary N) is 3. The van der Waals surface area contributed by atoms with Crippen LogP contribution in [0.2, 0.25) is 5.02 Å². The number of aromatic nitrogens is 2. The standard InChI is InChI=1S/C19H14ClF2N5O3S/c20-10-2-4-11(5-3-10)24-14(28)8-31-19-26-16(23)15(18(30)27-19)25-17(29)9-1-6-12(21)13(22)7-9/h1-7H,8H2,(H,24,28)(H,25,29)(H3,23,26,27,30). The zero-order chi connectivity index (χ0) is 22.5. The molecule has 0 bridgehead atoms. The Hall–Kier alpha value is -3.44. The van der Waals surface area contributed by atoms with Crippen molar-refractivity contribution in [3.8, 4) is 0 Å². The van der Waals surface area contributed by atoms with Crippen LogP contribution in [0, 0.1) is 11.6 Å². The van der Waals surface area contributed by atoms with Crippen LogP contribution >= 0.6 is 23.4 Å². The van der Waals surface area contributed by atoms with Crippen molar-refractivity contribution in [1.29, 1.82) is 0 Å². The number of rotatable bonds is 6. The summed E-state index contributed by atoms with van der Waals surface area (Å²) in [6.07, 6.45) is 0. The Morgan fingerprint density at radius 1 is 1.10 bits per heavy atom. The van der Waals surface area contributed by atoms with Gasteiger partial charge in [-0.3, -0.25) is 19.4 Å². The Labute approximate surface area is 183 Å². The van der Waals surface area contributed by atoms with Crippen LogP contribution in [0.5, 0.6) is 0 Å². The molecule has 12 heteroatoms. The summed E-state index contributed by atoms with van der Waals surface area (Å²) in [6.45, 7) is 0. The number of hydrogen-bond acceptors (Lipinski definition) is 6. The average molecular weight is 466 g/mol. The van der Waals surface area contributed by atoms with Gasteiger partial charge >= 0.3 is 0 Å². The van der Waals surface area contributed by atoms with Crippen LogP contribution in [0.4, 0.5) is 26.0 Å². The van der Waals surface area contributed by atoms with Crippen molar-refractivity contribution in [1.82, 2.24) is 9.97 Å². The normalized spacial score (nSPS) is 10.5. The van der Waals surface area contributed by atoms with Crippen LogP contribution < -0.4 is 21.9 Å². The molecule has 0 aliphatic heterocycles. The molecule has 2 amide bonds. The molecular weight excluding hydrogens is 452 g/mol. The molecule has 0 aliphatic carbocycles. The van der Waals surface area contributed by atoms with Gasteiger partial charge in [-0.25, -0.2) is 13.8 Å². The predicted octanol–water partition coefficient (Wildman–Crippen LogP) is 3.27. The average Bonchev–Trinajstić information content (AvgIpc) is 2.72. The number of halogens is 3. The van der Waals surface area contributed by atoms with E-state index in [1.54, 1.807) is 24.3 Å². The first-order valence-corrected chi connectivity index (χ1v) is 9.93. The zero-order valence-electron chi connectivity index (χ0n) is 15.5. The monoisotopic (exact) mass is 465 g/mol. The molecule has 0 spiro atoms. The van der Waals surface area contributed by atoms with Gasteiger partial charge in [0.1, 0.15) is 5.69 Å². The van der Waals surface area contributed by atoms with Crippen LogP contribution in [0.3, 0.4) is 0 Å². The highest BCUT2D eigenvalue weighted by molar-refractivity contribution is 7.99. The molecule has 0 saturated heterocycles. The predicted molar refractivity (Wildman–Crippen MR) is 114 cm³/mol. The minimum absolute atomic E-state index is 0.0552. The number of carbonyl (C=O) groups excluding carboxylic acids is 2. The summed E-state index contributed by atoms with van der Waals surface area (Å²) in [5.41, 5.74) is 4.94. The van der Waals surface area contributed by atoms with Gasteiger partial charge in [0.15, 0.2) is 22.6 Å². The number of aromatic amines is 1. The van der Waals surface area contributed by atoms with Gasteiger partial charge in [-0.2, -0.15) is 0 Å². The zero-order valence-corrected chi connectivity index (χ0v) is 17.1. The number of hydrogen-bond donors (Lipinski definition) is 4. The van der Waals surface area contributed by atoms with Gasteiger partial charge < -0.3 is 16.4 Å². The molecule has 0 aliphatic rings. The van der Waals surface area contributed by atoms with Crippen molar-refractivity contribution < 1.29 is 18.4 Å². The van der Waals surface area contributed by atoms with Crippen molar-refractivity contribution in [2.45, 2.75) is 5.16 Å². The molecule has 0 unspecified atom stereocenters. The summed E-state index contributed by atoms with van der Waals surface area (Å²) in [6, 6.07) is 9.03. The Balaban J connectivity index is 1.65. The molecule has 3 aromatic rings. The van der Waals surface area contributed by atoms with Crippen molar-refractivity contribution in [3.63, 3.8) is 0 Å². The topological polar surface area (TPSA) is 130 Å². The summed E-state index contributed by atoms with van der Waals surface area (Å²) in [4.78, 5) is 42.8. The number of nitrogen functional groups attached to an aromatic ring is 1. The Morgan fingerprint density at radius 2 is 1.81 bits per heavy atom. The van der Waals surface area contributed by atoms with Crippen molar-refractivity contribution in [2.24, 2.45) is 0 Å². The number of thioether (sulfide) groups is 1. The molecule has 5 N–H and O–H groups in total. The number of nitrogens with zero attached hydrogens (tertiary/aromatic N) is 1. The summed E-state index contributed by atoms with van der Waals surface area (Å²) < 4.78 is 26.3. The lowest BCUT2D eigenvalue weighted by atomic mass is 10.2. The summed E-state index contributed by atoms with van der Waals surface area (Å²) in [5.74, 6) is -3.94. The van der Waals surface area contributed by atoms with E-state index in [1.165, 1.54) is 0 Å². The van der Waals surface area contributed by atoms with E-state index >= 15 is 0 Å². The van der Waals surface area contributed by atoms with Crippen LogP contribution in [0.25, 0.3) is 0 Å². The fraction of sp³-hybridized carbons (Fsp3) is 0.0526. The Bertz CT molecular complexity index is 1200. The van der Waals surface area contributed by atoms with Crippen LogP contribution in [0.15, 0.2) is 52.4 Å². The highest BCUT2D eigenvalue weighted by Gasteiger charge is 2.16. The van der Waals surface area contributed by atoms with Gasteiger partial charge in [0.25, 0.3) is 11.5 Å². The first kappa shape index (κ1) is 22.2. The fourth-order valence-corrected chi connectivity index (χ4v) is 3.14. The fourth-order valence-electron chi connectivity index (χ4n) is 2.35. The molecule has 1 heterocycles.